The summed E-state index contributed by atoms with van der Waals surface area (Å²) in [6.45, 7) is 2.05. The number of nitrogens with one attached hydrogen (secondary N) is 4. The fraction of sp³-hybridized carbons (Fsp3) is 0.947. The van der Waals surface area contributed by atoms with Crippen molar-refractivity contribution in [3.05, 3.63) is 0 Å². The third-order valence-electron chi connectivity index (χ3n) is 10.9. The molecule has 270 valence electrons. The largest absolute Gasteiger partial charge is 0.356 e. The smallest absolute Gasteiger partial charge is 0.191 e. The number of nitrogens with zero attached hydrogens (tertiary/aromatic N) is 2. The molecule has 8 heteroatoms. The quantitative estimate of drug-likeness (QED) is 0.0699. The van der Waals surface area contributed by atoms with E-state index in [1.165, 1.54) is 193 Å². The molecule has 4 fully saturated rings. The molecule has 46 heavy (non-hydrogen) atoms. The van der Waals surface area contributed by atoms with Crippen molar-refractivity contribution in [1.82, 2.24) is 21.3 Å². The van der Waals surface area contributed by atoms with Crippen LogP contribution >= 0.6 is 24.8 Å². The van der Waals surface area contributed by atoms with E-state index in [4.69, 9.17) is 9.98 Å². The Labute approximate surface area is 297 Å². The van der Waals surface area contributed by atoms with Crippen LogP contribution in [0.4, 0.5) is 0 Å². The highest BCUT2D eigenvalue weighted by atomic mass is 35.5. The van der Waals surface area contributed by atoms with Crippen molar-refractivity contribution >= 4 is 36.7 Å². The second kappa shape index (κ2) is 27.0. The molecule has 0 heterocycles. The van der Waals surface area contributed by atoms with Gasteiger partial charge in [-0.2, -0.15) is 0 Å². The number of guanidine groups is 2. The molecule has 0 bridgehead atoms. The lowest BCUT2D eigenvalue weighted by Crippen LogP contribution is -2.48. The molecule has 4 aliphatic carbocycles. The summed E-state index contributed by atoms with van der Waals surface area (Å²) in [5.74, 6) is 2.24. The fourth-order valence-electron chi connectivity index (χ4n) is 8.03. The van der Waals surface area contributed by atoms with Crippen LogP contribution < -0.4 is 21.3 Å². The Morgan fingerprint density at radius 3 is 1.24 bits per heavy atom. The van der Waals surface area contributed by atoms with Gasteiger partial charge in [-0.25, -0.2) is 4.99 Å². The van der Waals surface area contributed by atoms with Crippen molar-refractivity contribution in [3.8, 4) is 0 Å². The van der Waals surface area contributed by atoms with Crippen molar-refractivity contribution in [2.75, 3.05) is 13.1 Å². The molecule has 0 spiro atoms. The first-order valence-electron chi connectivity index (χ1n) is 20.0. The van der Waals surface area contributed by atoms with Gasteiger partial charge in [0.2, 0.25) is 0 Å². The molecule has 0 saturated heterocycles. The predicted molar refractivity (Wildman–Crippen MR) is 205 cm³/mol. The third-order valence-corrected chi connectivity index (χ3v) is 10.9. The van der Waals surface area contributed by atoms with Gasteiger partial charge in [0.05, 0.1) is 6.04 Å². The molecular formula is C38H74Cl2N6. The second-order valence-electron chi connectivity index (χ2n) is 14.9. The molecule has 4 rings (SSSR count). The van der Waals surface area contributed by atoms with Crippen LogP contribution in [-0.4, -0.2) is 49.2 Å². The van der Waals surface area contributed by atoms with E-state index in [9.17, 15) is 0 Å². The Morgan fingerprint density at radius 2 is 0.783 bits per heavy atom. The molecule has 0 aromatic carbocycles. The summed E-state index contributed by atoms with van der Waals surface area (Å²) in [4.78, 5) is 10.2. The summed E-state index contributed by atoms with van der Waals surface area (Å²) < 4.78 is 0. The van der Waals surface area contributed by atoms with Gasteiger partial charge in [-0.3, -0.25) is 4.99 Å². The maximum atomic E-state index is 5.16. The van der Waals surface area contributed by atoms with Gasteiger partial charge in [0, 0.05) is 31.2 Å². The molecule has 0 aromatic heterocycles. The van der Waals surface area contributed by atoms with Crippen LogP contribution in [0.1, 0.15) is 193 Å². The van der Waals surface area contributed by atoms with Gasteiger partial charge in [0.25, 0.3) is 0 Å². The van der Waals surface area contributed by atoms with Crippen molar-refractivity contribution in [2.45, 2.75) is 217 Å². The van der Waals surface area contributed by atoms with Gasteiger partial charge in [0.15, 0.2) is 11.9 Å². The first kappa shape index (κ1) is 41.3. The van der Waals surface area contributed by atoms with Crippen LogP contribution in [0.5, 0.6) is 0 Å². The summed E-state index contributed by atoms with van der Waals surface area (Å²) in [6, 6.07) is 2.45. The summed E-state index contributed by atoms with van der Waals surface area (Å²) >= 11 is 0. The zero-order chi connectivity index (χ0) is 30.3. The van der Waals surface area contributed by atoms with Crippen LogP contribution in [0.3, 0.4) is 0 Å². The monoisotopic (exact) mass is 685 g/mol. The normalized spacial score (nSPS) is 20.7. The maximum Gasteiger partial charge on any atom is 0.191 e. The number of hydrogen-bond acceptors (Lipinski definition) is 2. The van der Waals surface area contributed by atoms with Gasteiger partial charge in [-0.1, -0.05) is 128 Å². The van der Waals surface area contributed by atoms with Crippen molar-refractivity contribution in [2.24, 2.45) is 9.98 Å². The van der Waals surface area contributed by atoms with E-state index in [1.54, 1.807) is 0 Å². The minimum atomic E-state index is 0. The first-order valence-corrected chi connectivity index (χ1v) is 20.0. The molecule has 0 aliphatic heterocycles. The van der Waals surface area contributed by atoms with E-state index < -0.39 is 0 Å². The highest BCUT2D eigenvalue weighted by molar-refractivity contribution is 5.85. The lowest BCUT2D eigenvalue weighted by molar-refractivity contribution is 0.388. The van der Waals surface area contributed by atoms with Gasteiger partial charge in [-0.05, 0) is 64.2 Å². The lowest BCUT2D eigenvalue weighted by Gasteiger charge is -2.29. The number of rotatable bonds is 17. The lowest BCUT2D eigenvalue weighted by atomic mass is 9.95. The van der Waals surface area contributed by atoms with E-state index in [-0.39, 0.29) is 24.8 Å². The number of unbranched alkanes of at least 4 members (excludes halogenated alkanes) is 9. The highest BCUT2D eigenvalue weighted by Gasteiger charge is 2.19. The Morgan fingerprint density at radius 1 is 0.413 bits per heavy atom. The first-order chi connectivity index (χ1) is 21.8. The summed E-state index contributed by atoms with van der Waals surface area (Å²) in [7, 11) is 0. The van der Waals surface area contributed by atoms with E-state index >= 15 is 0 Å². The minimum absolute atomic E-state index is 0. The Kier molecular flexibility index (Phi) is 24.2. The Bertz CT molecular complexity index is 747. The zero-order valence-corrected chi connectivity index (χ0v) is 31.3. The summed E-state index contributed by atoms with van der Waals surface area (Å²) in [5, 5.41) is 15.2. The molecule has 0 amide bonds. The minimum Gasteiger partial charge on any atom is -0.356 e. The Hall–Kier alpha value is -0.880. The van der Waals surface area contributed by atoms with Gasteiger partial charge in [0.1, 0.15) is 0 Å². The molecule has 0 radical (unpaired) electrons. The molecule has 6 nitrogen and oxygen atoms in total. The second-order valence-corrected chi connectivity index (χ2v) is 14.9. The van der Waals surface area contributed by atoms with Crippen molar-refractivity contribution in [3.63, 3.8) is 0 Å². The predicted octanol–water partition coefficient (Wildman–Crippen LogP) is 10.1. The average molecular weight is 686 g/mol. The average Bonchev–Trinajstić information content (AvgIpc) is 3.06. The molecule has 0 aromatic rings. The van der Waals surface area contributed by atoms with Gasteiger partial charge < -0.3 is 21.3 Å². The highest BCUT2D eigenvalue weighted by Crippen LogP contribution is 2.22. The molecular weight excluding hydrogens is 611 g/mol. The Balaban J connectivity index is 0.00000368. The standard InChI is InChI=1S/C38H72N6.2ClH/c1(3-5-7-21-31-39-37(41-33-23-13-9-14-24-33)42-34-25-15-10-16-26-34)2-4-6-8-22-32-40-38(43-35-27-17-11-18-28-35)44-36-29-19-12-20-30-36;;/h33-36H,1-32H2,(H2,39,41,42)(H2,40,43,44);2*1H. The van der Waals surface area contributed by atoms with Crippen LogP contribution in [0.25, 0.3) is 0 Å². The fourth-order valence-corrected chi connectivity index (χ4v) is 8.03. The van der Waals surface area contributed by atoms with Crippen molar-refractivity contribution in [1.29, 1.82) is 0 Å². The number of aliphatic imine (C=N–C) groups is 2. The van der Waals surface area contributed by atoms with Gasteiger partial charge in [-0.15, -0.1) is 24.8 Å². The maximum absolute atomic E-state index is 5.16. The third kappa shape index (κ3) is 18.6. The van der Waals surface area contributed by atoms with Crippen LogP contribution in [0, 0.1) is 0 Å². The number of hydrogen-bond donors (Lipinski definition) is 4. The van der Waals surface area contributed by atoms with Gasteiger partial charge >= 0.3 is 0 Å². The van der Waals surface area contributed by atoms with Crippen LogP contribution in [0.15, 0.2) is 9.98 Å². The SMILES string of the molecule is C(CCCCCCNC(=NC1CCCCC1)NC1CCCCC1)CCCCCN=C(NC1CCCCC1)NC1CCCCC1.Cl.Cl. The van der Waals surface area contributed by atoms with E-state index in [0.29, 0.717) is 24.2 Å². The molecule has 4 aliphatic rings. The van der Waals surface area contributed by atoms with E-state index in [0.717, 1.165) is 25.0 Å². The molecule has 4 N–H and O–H groups in total. The number of halogens is 2. The molecule has 0 atom stereocenters. The molecule has 4 saturated carbocycles. The van der Waals surface area contributed by atoms with E-state index in [1.807, 2.05) is 0 Å². The zero-order valence-electron chi connectivity index (χ0n) is 29.6. The van der Waals surface area contributed by atoms with E-state index in [2.05, 4.69) is 21.3 Å². The molecule has 0 unspecified atom stereocenters. The topological polar surface area (TPSA) is 72.8 Å². The summed E-state index contributed by atoms with van der Waals surface area (Å²) in [6.07, 6.45) is 40.6. The summed E-state index contributed by atoms with van der Waals surface area (Å²) in [5.41, 5.74) is 0. The van der Waals surface area contributed by atoms with Crippen LogP contribution in [-0.2, 0) is 0 Å². The van der Waals surface area contributed by atoms with Crippen LogP contribution in [0.2, 0.25) is 0 Å². The van der Waals surface area contributed by atoms with Crippen molar-refractivity contribution < 1.29 is 0 Å².